The van der Waals surface area contributed by atoms with Gasteiger partial charge in [0, 0.05) is 25.7 Å². The largest absolute Gasteiger partial charge is 0.481 e. The van der Waals surface area contributed by atoms with Crippen LogP contribution in [0.2, 0.25) is 0 Å². The van der Waals surface area contributed by atoms with Crippen molar-refractivity contribution in [2.75, 3.05) is 13.6 Å². The molecule has 1 saturated heterocycles. The molecule has 1 fully saturated rings. The molecule has 2 atom stereocenters. The fourth-order valence-corrected chi connectivity index (χ4v) is 2.56. The van der Waals surface area contributed by atoms with Crippen LogP contribution in [0.1, 0.15) is 33.6 Å². The molecule has 98 valence electrons. The number of amides is 1. The SMILES string of the molecule is CC(C)N1C(C)CCN(C)C(=O)C1CC(=O)O. The lowest BCUT2D eigenvalue weighted by atomic mass is 10.1. The Labute approximate surface area is 102 Å². The van der Waals surface area contributed by atoms with Gasteiger partial charge in [-0.1, -0.05) is 0 Å². The first-order chi connectivity index (χ1) is 7.84. The van der Waals surface area contributed by atoms with Crippen LogP contribution in [0, 0.1) is 0 Å². The predicted octanol–water partition coefficient (Wildman–Crippen LogP) is 0.791. The summed E-state index contributed by atoms with van der Waals surface area (Å²) in [7, 11) is 1.74. The first kappa shape index (κ1) is 14.0. The molecule has 0 radical (unpaired) electrons. The van der Waals surface area contributed by atoms with Gasteiger partial charge >= 0.3 is 5.97 Å². The number of carboxylic acids is 1. The minimum Gasteiger partial charge on any atom is -0.481 e. The zero-order chi connectivity index (χ0) is 13.2. The van der Waals surface area contributed by atoms with Crippen molar-refractivity contribution in [1.82, 2.24) is 9.80 Å². The van der Waals surface area contributed by atoms with E-state index in [2.05, 4.69) is 6.92 Å². The molecule has 1 amide bonds. The van der Waals surface area contributed by atoms with Gasteiger partial charge in [0.1, 0.15) is 6.04 Å². The molecule has 1 rings (SSSR count). The number of hydrogen-bond donors (Lipinski definition) is 1. The molecule has 0 saturated carbocycles. The van der Waals surface area contributed by atoms with E-state index in [0.717, 1.165) is 6.42 Å². The molecule has 0 aromatic rings. The van der Waals surface area contributed by atoms with Crippen LogP contribution in [0.5, 0.6) is 0 Å². The maximum atomic E-state index is 12.2. The highest BCUT2D eigenvalue weighted by molar-refractivity contribution is 5.86. The second-order valence-corrected chi connectivity index (χ2v) is 5.05. The van der Waals surface area contributed by atoms with Crippen molar-refractivity contribution in [1.29, 1.82) is 0 Å². The lowest BCUT2D eigenvalue weighted by Crippen LogP contribution is -2.51. The van der Waals surface area contributed by atoms with Crippen molar-refractivity contribution in [2.24, 2.45) is 0 Å². The molecule has 5 heteroatoms. The van der Waals surface area contributed by atoms with Gasteiger partial charge in [-0.25, -0.2) is 0 Å². The van der Waals surface area contributed by atoms with E-state index in [1.807, 2.05) is 18.7 Å². The smallest absolute Gasteiger partial charge is 0.305 e. The Morgan fingerprint density at radius 3 is 2.59 bits per heavy atom. The number of aliphatic carboxylic acids is 1. The van der Waals surface area contributed by atoms with Gasteiger partial charge < -0.3 is 10.0 Å². The number of likely N-dealkylation sites (N-methyl/N-ethyl adjacent to an activating group) is 1. The molecule has 0 spiro atoms. The molecule has 0 aliphatic carbocycles. The van der Waals surface area contributed by atoms with Crippen molar-refractivity contribution in [2.45, 2.75) is 51.7 Å². The predicted molar refractivity (Wildman–Crippen MR) is 64.7 cm³/mol. The summed E-state index contributed by atoms with van der Waals surface area (Å²) in [4.78, 5) is 26.7. The number of carbonyl (C=O) groups excluding carboxylic acids is 1. The van der Waals surface area contributed by atoms with E-state index in [1.54, 1.807) is 11.9 Å². The highest BCUT2D eigenvalue weighted by atomic mass is 16.4. The van der Waals surface area contributed by atoms with Crippen LogP contribution in [-0.2, 0) is 9.59 Å². The molecule has 0 aromatic carbocycles. The van der Waals surface area contributed by atoms with Crippen molar-refractivity contribution in [3.05, 3.63) is 0 Å². The van der Waals surface area contributed by atoms with Gasteiger partial charge in [-0.15, -0.1) is 0 Å². The quantitative estimate of drug-likeness (QED) is 0.795. The second kappa shape index (κ2) is 5.49. The molecule has 17 heavy (non-hydrogen) atoms. The summed E-state index contributed by atoms with van der Waals surface area (Å²) < 4.78 is 0. The normalized spacial score (nSPS) is 27.4. The van der Waals surface area contributed by atoms with Crippen LogP contribution < -0.4 is 0 Å². The van der Waals surface area contributed by atoms with Crippen LogP contribution >= 0.6 is 0 Å². The number of carboxylic acid groups (broad SMARTS) is 1. The number of rotatable bonds is 3. The molecular formula is C12H22N2O3. The number of carbonyl (C=O) groups is 2. The summed E-state index contributed by atoms with van der Waals surface area (Å²) in [5, 5.41) is 8.95. The molecule has 5 nitrogen and oxygen atoms in total. The van der Waals surface area contributed by atoms with Gasteiger partial charge in [-0.2, -0.15) is 0 Å². The van der Waals surface area contributed by atoms with Gasteiger partial charge in [0.15, 0.2) is 0 Å². The lowest BCUT2D eigenvalue weighted by molar-refractivity contribution is -0.145. The summed E-state index contributed by atoms with van der Waals surface area (Å²) in [5.74, 6) is -0.998. The summed E-state index contributed by atoms with van der Waals surface area (Å²) in [6.07, 6.45) is 0.766. The van der Waals surface area contributed by atoms with Crippen molar-refractivity contribution in [3.8, 4) is 0 Å². The summed E-state index contributed by atoms with van der Waals surface area (Å²) in [6.45, 7) is 6.76. The maximum Gasteiger partial charge on any atom is 0.305 e. The Bertz CT molecular complexity index is 304. The Kier molecular flexibility index (Phi) is 4.51. The van der Waals surface area contributed by atoms with Crippen LogP contribution in [-0.4, -0.2) is 58.5 Å². The highest BCUT2D eigenvalue weighted by Crippen LogP contribution is 2.21. The molecule has 2 unspecified atom stereocenters. The fraction of sp³-hybridized carbons (Fsp3) is 0.833. The van der Waals surface area contributed by atoms with Gasteiger partial charge in [-0.05, 0) is 27.2 Å². The van der Waals surface area contributed by atoms with Crippen LogP contribution in [0.15, 0.2) is 0 Å². The third kappa shape index (κ3) is 3.19. The van der Waals surface area contributed by atoms with Crippen LogP contribution in [0.3, 0.4) is 0 Å². The summed E-state index contributed by atoms with van der Waals surface area (Å²) >= 11 is 0. The first-order valence-corrected chi connectivity index (χ1v) is 6.08. The zero-order valence-electron chi connectivity index (χ0n) is 11.0. The average Bonchev–Trinajstić information content (AvgIpc) is 2.30. The Hall–Kier alpha value is -1.10. The third-order valence-electron chi connectivity index (χ3n) is 3.38. The molecular weight excluding hydrogens is 220 g/mol. The Balaban J connectivity index is 3.00. The first-order valence-electron chi connectivity index (χ1n) is 6.08. The molecule has 0 bridgehead atoms. The van der Waals surface area contributed by atoms with Crippen molar-refractivity contribution >= 4 is 11.9 Å². The van der Waals surface area contributed by atoms with Gasteiger partial charge in [0.25, 0.3) is 0 Å². The van der Waals surface area contributed by atoms with E-state index in [-0.39, 0.29) is 24.4 Å². The van der Waals surface area contributed by atoms with Gasteiger partial charge in [0.05, 0.1) is 6.42 Å². The van der Waals surface area contributed by atoms with Gasteiger partial charge in [0.2, 0.25) is 5.91 Å². The zero-order valence-corrected chi connectivity index (χ0v) is 11.0. The number of hydrogen-bond acceptors (Lipinski definition) is 3. The Morgan fingerprint density at radius 2 is 2.12 bits per heavy atom. The van der Waals surface area contributed by atoms with E-state index in [4.69, 9.17) is 5.11 Å². The summed E-state index contributed by atoms with van der Waals surface area (Å²) in [6, 6.07) is -0.131. The summed E-state index contributed by atoms with van der Waals surface area (Å²) in [5.41, 5.74) is 0. The van der Waals surface area contributed by atoms with E-state index < -0.39 is 12.0 Å². The lowest BCUT2D eigenvalue weighted by Gasteiger charge is -2.36. The minimum absolute atomic E-state index is 0.0783. The second-order valence-electron chi connectivity index (χ2n) is 5.05. The molecule has 1 heterocycles. The monoisotopic (exact) mass is 242 g/mol. The third-order valence-corrected chi connectivity index (χ3v) is 3.38. The van der Waals surface area contributed by atoms with E-state index in [9.17, 15) is 9.59 Å². The van der Waals surface area contributed by atoms with Crippen molar-refractivity contribution in [3.63, 3.8) is 0 Å². The van der Waals surface area contributed by atoms with Crippen molar-refractivity contribution < 1.29 is 14.7 Å². The van der Waals surface area contributed by atoms with Crippen LogP contribution in [0.4, 0.5) is 0 Å². The molecule has 1 aliphatic rings. The van der Waals surface area contributed by atoms with Crippen LogP contribution in [0.25, 0.3) is 0 Å². The van der Waals surface area contributed by atoms with E-state index in [0.29, 0.717) is 6.54 Å². The minimum atomic E-state index is -0.920. The van der Waals surface area contributed by atoms with Gasteiger partial charge in [-0.3, -0.25) is 14.5 Å². The molecule has 1 aliphatic heterocycles. The topological polar surface area (TPSA) is 60.9 Å². The molecule has 1 N–H and O–H groups in total. The van der Waals surface area contributed by atoms with E-state index in [1.165, 1.54) is 0 Å². The number of nitrogens with zero attached hydrogens (tertiary/aromatic N) is 2. The van der Waals surface area contributed by atoms with E-state index >= 15 is 0 Å². The highest BCUT2D eigenvalue weighted by Gasteiger charge is 2.37. The maximum absolute atomic E-state index is 12.2. The molecule has 0 aromatic heterocycles. The Morgan fingerprint density at radius 1 is 1.53 bits per heavy atom. The standard InChI is InChI=1S/C12H22N2O3/c1-8(2)14-9(3)5-6-13(4)12(17)10(14)7-11(15)16/h8-10H,5-7H2,1-4H3,(H,15,16). The average molecular weight is 242 g/mol. The fourth-order valence-electron chi connectivity index (χ4n) is 2.56.